The first-order valence-electron chi connectivity index (χ1n) is 6.97. The van der Waals surface area contributed by atoms with Crippen molar-refractivity contribution < 1.29 is 8.42 Å². The normalized spacial score (nSPS) is 16.9. The molecule has 2 aromatic rings. The molecule has 0 unspecified atom stereocenters. The van der Waals surface area contributed by atoms with Crippen LogP contribution in [0.2, 0.25) is 5.02 Å². The van der Waals surface area contributed by atoms with Crippen molar-refractivity contribution in [1.29, 1.82) is 0 Å². The molecular formula is C14H16ClN3O2S2. The molecular weight excluding hydrogens is 342 g/mol. The third-order valence-electron chi connectivity index (χ3n) is 3.61. The van der Waals surface area contributed by atoms with Gasteiger partial charge in [0, 0.05) is 35.7 Å². The first kappa shape index (κ1) is 15.7. The number of benzene rings is 1. The van der Waals surface area contributed by atoms with E-state index in [1.165, 1.54) is 6.07 Å². The fraction of sp³-hybridized carbons (Fsp3) is 0.357. The molecule has 0 radical (unpaired) electrons. The summed E-state index contributed by atoms with van der Waals surface area (Å²) in [6, 6.07) is 6.27. The molecule has 3 rings (SSSR count). The van der Waals surface area contributed by atoms with Gasteiger partial charge in [0.2, 0.25) is 10.0 Å². The summed E-state index contributed by atoms with van der Waals surface area (Å²) in [6.45, 7) is 1.60. The maximum atomic E-state index is 12.4. The number of halogens is 1. The van der Waals surface area contributed by atoms with Gasteiger partial charge >= 0.3 is 0 Å². The van der Waals surface area contributed by atoms with E-state index in [9.17, 15) is 8.42 Å². The van der Waals surface area contributed by atoms with Crippen LogP contribution in [0.1, 0.15) is 12.8 Å². The summed E-state index contributed by atoms with van der Waals surface area (Å²) >= 11 is 7.47. The van der Waals surface area contributed by atoms with Crippen LogP contribution in [0.15, 0.2) is 40.7 Å². The van der Waals surface area contributed by atoms with Gasteiger partial charge in [-0.2, -0.15) is 0 Å². The lowest BCUT2D eigenvalue weighted by Gasteiger charge is -2.31. The monoisotopic (exact) mass is 357 g/mol. The molecule has 0 aliphatic carbocycles. The second-order valence-electron chi connectivity index (χ2n) is 5.15. The van der Waals surface area contributed by atoms with E-state index >= 15 is 0 Å². The lowest BCUT2D eigenvalue weighted by Crippen LogP contribution is -2.44. The highest BCUT2D eigenvalue weighted by atomic mass is 35.5. The quantitative estimate of drug-likeness (QED) is 0.913. The number of hydrogen-bond acceptors (Lipinski definition) is 5. The molecule has 0 atom stereocenters. The van der Waals surface area contributed by atoms with Gasteiger partial charge in [-0.1, -0.05) is 17.7 Å². The number of rotatable bonds is 4. The highest BCUT2D eigenvalue weighted by Crippen LogP contribution is 2.23. The Kier molecular flexibility index (Phi) is 4.67. The summed E-state index contributed by atoms with van der Waals surface area (Å²) < 4.78 is 27.5. The Balaban J connectivity index is 1.63. The molecule has 0 spiro atoms. The Morgan fingerprint density at radius 3 is 2.73 bits per heavy atom. The fourth-order valence-electron chi connectivity index (χ4n) is 2.48. The molecule has 0 bridgehead atoms. The van der Waals surface area contributed by atoms with Crippen LogP contribution in [-0.4, -0.2) is 32.5 Å². The zero-order valence-electron chi connectivity index (χ0n) is 11.8. The van der Waals surface area contributed by atoms with Gasteiger partial charge in [-0.3, -0.25) is 0 Å². The molecule has 118 valence electrons. The molecule has 1 aromatic carbocycles. The van der Waals surface area contributed by atoms with Crippen molar-refractivity contribution in [2.75, 3.05) is 18.0 Å². The number of sulfonamides is 1. The summed E-state index contributed by atoms with van der Waals surface area (Å²) in [6.07, 6.45) is 3.31. The largest absolute Gasteiger partial charge is 0.348 e. The van der Waals surface area contributed by atoms with Gasteiger partial charge in [0.15, 0.2) is 5.13 Å². The van der Waals surface area contributed by atoms with Crippen molar-refractivity contribution >= 4 is 38.1 Å². The van der Waals surface area contributed by atoms with E-state index in [1.807, 2.05) is 5.38 Å². The van der Waals surface area contributed by atoms with Crippen molar-refractivity contribution in [3.05, 3.63) is 40.9 Å². The first-order valence-corrected chi connectivity index (χ1v) is 9.71. The minimum Gasteiger partial charge on any atom is -0.348 e. The molecule has 2 heterocycles. The molecule has 1 aliphatic rings. The summed E-state index contributed by atoms with van der Waals surface area (Å²) in [7, 11) is -3.52. The zero-order valence-corrected chi connectivity index (χ0v) is 14.2. The predicted octanol–water partition coefficient (Wildman–Crippen LogP) is 2.74. The summed E-state index contributed by atoms with van der Waals surface area (Å²) in [4.78, 5) is 6.69. The highest BCUT2D eigenvalue weighted by molar-refractivity contribution is 7.89. The van der Waals surface area contributed by atoms with E-state index in [4.69, 9.17) is 11.6 Å². The van der Waals surface area contributed by atoms with Gasteiger partial charge in [-0.25, -0.2) is 18.1 Å². The van der Waals surface area contributed by atoms with Gasteiger partial charge in [0.05, 0.1) is 4.90 Å². The number of aromatic nitrogens is 1. The molecule has 22 heavy (non-hydrogen) atoms. The van der Waals surface area contributed by atoms with E-state index in [0.29, 0.717) is 5.02 Å². The molecule has 8 heteroatoms. The number of hydrogen-bond donors (Lipinski definition) is 1. The van der Waals surface area contributed by atoms with Gasteiger partial charge in [0.25, 0.3) is 0 Å². The lowest BCUT2D eigenvalue weighted by molar-refractivity contribution is 0.460. The van der Waals surface area contributed by atoms with Crippen LogP contribution in [0.25, 0.3) is 0 Å². The fourth-order valence-corrected chi connectivity index (χ4v) is 4.78. The van der Waals surface area contributed by atoms with Crippen molar-refractivity contribution in [2.45, 2.75) is 23.8 Å². The Bertz CT molecular complexity index is 726. The Hall–Kier alpha value is -1.15. The van der Waals surface area contributed by atoms with Crippen LogP contribution < -0.4 is 9.62 Å². The summed E-state index contributed by atoms with van der Waals surface area (Å²) in [5.41, 5.74) is 0. The maximum absolute atomic E-state index is 12.4. The number of nitrogens with zero attached hydrogens (tertiary/aromatic N) is 2. The van der Waals surface area contributed by atoms with Gasteiger partial charge in [0.1, 0.15) is 0 Å². The van der Waals surface area contributed by atoms with Gasteiger partial charge in [-0.15, -0.1) is 11.3 Å². The Labute approximate surface area is 139 Å². The second kappa shape index (κ2) is 6.54. The lowest BCUT2D eigenvalue weighted by atomic mass is 10.1. The topological polar surface area (TPSA) is 62.3 Å². The standard InChI is InChI=1S/C14H16ClN3O2S2/c15-11-2-1-3-13(10-11)22(19,20)17-12-4-7-18(8-5-12)14-16-6-9-21-14/h1-3,6,9-10,12,17H,4-5,7-8H2. The predicted molar refractivity (Wildman–Crippen MR) is 89.1 cm³/mol. The van der Waals surface area contributed by atoms with Crippen LogP contribution >= 0.6 is 22.9 Å². The van der Waals surface area contributed by atoms with Crippen molar-refractivity contribution in [1.82, 2.24) is 9.71 Å². The van der Waals surface area contributed by atoms with Crippen molar-refractivity contribution in [3.8, 4) is 0 Å². The van der Waals surface area contributed by atoms with Crippen LogP contribution in [0, 0.1) is 0 Å². The molecule has 5 nitrogen and oxygen atoms in total. The SMILES string of the molecule is O=S(=O)(NC1CCN(c2nccs2)CC1)c1cccc(Cl)c1. The molecule has 1 fully saturated rings. The average Bonchev–Trinajstić information content (AvgIpc) is 3.02. The van der Waals surface area contributed by atoms with Crippen LogP contribution in [0.3, 0.4) is 0 Å². The van der Waals surface area contributed by atoms with E-state index in [0.717, 1.165) is 31.1 Å². The number of piperidine rings is 1. The molecule has 1 saturated heterocycles. The van der Waals surface area contributed by atoms with E-state index < -0.39 is 10.0 Å². The van der Waals surface area contributed by atoms with Crippen LogP contribution in [0.5, 0.6) is 0 Å². The summed E-state index contributed by atoms with van der Waals surface area (Å²) in [5, 5.41) is 3.36. The first-order chi connectivity index (χ1) is 10.5. The van der Waals surface area contributed by atoms with Gasteiger partial charge < -0.3 is 4.90 Å². The summed E-state index contributed by atoms with van der Waals surface area (Å²) in [5.74, 6) is 0. The molecule has 1 aromatic heterocycles. The minimum atomic E-state index is -3.52. The van der Waals surface area contributed by atoms with Crippen molar-refractivity contribution in [2.24, 2.45) is 0 Å². The molecule has 0 amide bonds. The van der Waals surface area contributed by atoms with Crippen molar-refractivity contribution in [3.63, 3.8) is 0 Å². The van der Waals surface area contributed by atoms with E-state index in [-0.39, 0.29) is 10.9 Å². The number of nitrogens with one attached hydrogen (secondary N) is 1. The van der Waals surface area contributed by atoms with E-state index in [2.05, 4.69) is 14.6 Å². The number of thiazole rings is 1. The Morgan fingerprint density at radius 2 is 2.09 bits per heavy atom. The zero-order chi connectivity index (χ0) is 15.6. The second-order valence-corrected chi connectivity index (χ2v) is 8.18. The molecule has 1 aliphatic heterocycles. The van der Waals surface area contributed by atoms with Crippen LogP contribution in [0.4, 0.5) is 5.13 Å². The third-order valence-corrected chi connectivity index (χ3v) is 6.20. The minimum absolute atomic E-state index is 0.0554. The number of anilines is 1. The molecule has 0 saturated carbocycles. The maximum Gasteiger partial charge on any atom is 0.240 e. The Morgan fingerprint density at radius 1 is 1.32 bits per heavy atom. The smallest absolute Gasteiger partial charge is 0.240 e. The average molecular weight is 358 g/mol. The van der Waals surface area contributed by atoms with Gasteiger partial charge in [-0.05, 0) is 31.0 Å². The van der Waals surface area contributed by atoms with Crippen LogP contribution in [-0.2, 0) is 10.0 Å². The molecule has 1 N–H and O–H groups in total. The third kappa shape index (κ3) is 3.60. The highest BCUT2D eigenvalue weighted by Gasteiger charge is 2.25. The van der Waals surface area contributed by atoms with E-state index in [1.54, 1.807) is 35.7 Å².